The first-order chi connectivity index (χ1) is 13.5. The van der Waals surface area contributed by atoms with Gasteiger partial charge in [-0.2, -0.15) is 0 Å². The second kappa shape index (κ2) is 8.08. The second-order valence-electron chi connectivity index (χ2n) is 8.02. The highest BCUT2D eigenvalue weighted by Crippen LogP contribution is 2.44. The van der Waals surface area contributed by atoms with Gasteiger partial charge in [-0.25, -0.2) is 9.97 Å². The van der Waals surface area contributed by atoms with Crippen molar-refractivity contribution in [1.82, 2.24) is 9.97 Å². The van der Waals surface area contributed by atoms with E-state index in [2.05, 4.69) is 33.9 Å². The predicted octanol–water partition coefficient (Wildman–Crippen LogP) is 4.75. The summed E-state index contributed by atoms with van der Waals surface area (Å²) in [6, 6.07) is 8.10. The zero-order valence-corrected chi connectivity index (χ0v) is 17.2. The van der Waals surface area contributed by atoms with E-state index in [1.807, 2.05) is 12.1 Å². The van der Waals surface area contributed by atoms with Crippen LogP contribution in [0.25, 0.3) is 0 Å². The number of aromatic nitrogens is 2. The van der Waals surface area contributed by atoms with Crippen molar-refractivity contribution >= 4 is 23.2 Å². The summed E-state index contributed by atoms with van der Waals surface area (Å²) in [5, 5.41) is 0.703. The molecule has 1 unspecified atom stereocenters. The van der Waals surface area contributed by atoms with E-state index in [-0.39, 0.29) is 17.8 Å². The summed E-state index contributed by atoms with van der Waals surface area (Å²) in [6.45, 7) is 5.35. The topological polar surface area (TPSA) is 55.3 Å². The number of halogens is 1. The van der Waals surface area contributed by atoms with Crippen LogP contribution in [0.15, 0.2) is 30.6 Å². The molecule has 0 spiro atoms. The fourth-order valence-electron chi connectivity index (χ4n) is 3.87. The number of ketones is 1. The molecule has 6 heteroatoms. The van der Waals surface area contributed by atoms with Gasteiger partial charge in [0, 0.05) is 25.3 Å². The van der Waals surface area contributed by atoms with Gasteiger partial charge in [-0.1, -0.05) is 30.7 Å². The summed E-state index contributed by atoms with van der Waals surface area (Å²) in [5.41, 5.74) is 2.15. The molecular formula is C22H26ClN3O2. The average molecular weight is 400 g/mol. The van der Waals surface area contributed by atoms with Crippen LogP contribution in [0.2, 0.25) is 5.02 Å². The van der Waals surface area contributed by atoms with Crippen molar-refractivity contribution in [1.29, 1.82) is 0 Å². The van der Waals surface area contributed by atoms with Gasteiger partial charge < -0.3 is 14.4 Å². The molecule has 2 heterocycles. The molecule has 2 atom stereocenters. The molecule has 28 heavy (non-hydrogen) atoms. The van der Waals surface area contributed by atoms with Gasteiger partial charge in [0.05, 0.1) is 12.2 Å². The number of benzene rings is 1. The number of carbonyl (C=O) groups is 1. The first kappa shape index (κ1) is 19.2. The number of hydrogen-bond acceptors (Lipinski definition) is 5. The van der Waals surface area contributed by atoms with Crippen molar-refractivity contribution in [3.8, 4) is 5.75 Å². The highest BCUT2D eigenvalue weighted by atomic mass is 35.5. The molecule has 1 aromatic carbocycles. The molecule has 1 saturated heterocycles. The Hall–Kier alpha value is -2.14. The van der Waals surface area contributed by atoms with E-state index in [0.29, 0.717) is 17.4 Å². The Morgan fingerprint density at radius 2 is 2.00 bits per heavy atom. The van der Waals surface area contributed by atoms with E-state index in [9.17, 15) is 4.79 Å². The normalized spacial score (nSPS) is 20.2. The molecule has 0 N–H and O–H groups in total. The lowest BCUT2D eigenvalue weighted by Crippen LogP contribution is -2.25. The molecule has 0 bridgehead atoms. The van der Waals surface area contributed by atoms with Gasteiger partial charge in [0.2, 0.25) is 0 Å². The Morgan fingerprint density at radius 3 is 2.68 bits per heavy atom. The minimum atomic E-state index is 0.107. The van der Waals surface area contributed by atoms with Crippen molar-refractivity contribution in [2.45, 2.75) is 57.5 Å². The van der Waals surface area contributed by atoms with E-state index in [1.165, 1.54) is 12.8 Å². The molecule has 4 rings (SSSR count). The maximum Gasteiger partial charge on any atom is 0.151 e. The van der Waals surface area contributed by atoms with Crippen molar-refractivity contribution in [3.05, 3.63) is 46.9 Å². The minimum absolute atomic E-state index is 0.107. The van der Waals surface area contributed by atoms with E-state index >= 15 is 0 Å². The number of carbonyl (C=O) groups excluding carboxylic acids is 1. The zero-order valence-electron chi connectivity index (χ0n) is 16.4. The van der Waals surface area contributed by atoms with Crippen LogP contribution in [0.1, 0.15) is 62.6 Å². The zero-order chi connectivity index (χ0) is 19.7. The molecule has 1 aromatic heterocycles. The quantitative estimate of drug-likeness (QED) is 0.672. The number of nitrogens with zero attached hydrogens (tertiary/aromatic N) is 3. The smallest absolute Gasteiger partial charge is 0.151 e. The van der Waals surface area contributed by atoms with Gasteiger partial charge in [-0.05, 0) is 43.4 Å². The maximum absolute atomic E-state index is 11.3. The van der Waals surface area contributed by atoms with E-state index in [4.69, 9.17) is 16.3 Å². The molecule has 1 aliphatic carbocycles. The summed E-state index contributed by atoms with van der Waals surface area (Å²) in [6.07, 6.45) is 5.58. The number of anilines is 1. The molecule has 1 aliphatic heterocycles. The summed E-state index contributed by atoms with van der Waals surface area (Å²) < 4.78 is 6.18. The third-order valence-electron chi connectivity index (χ3n) is 5.55. The van der Waals surface area contributed by atoms with Crippen LogP contribution in [-0.4, -0.2) is 34.9 Å². The molecule has 148 valence electrons. The number of ether oxygens (including phenoxy) is 1. The first-order valence-electron chi connectivity index (χ1n) is 10.0. The van der Waals surface area contributed by atoms with Crippen LogP contribution in [0.5, 0.6) is 5.75 Å². The Kier molecular flexibility index (Phi) is 5.54. The summed E-state index contributed by atoms with van der Waals surface area (Å²) in [4.78, 5) is 22.3. The van der Waals surface area contributed by atoms with Crippen molar-refractivity contribution in [2.75, 3.05) is 18.0 Å². The van der Waals surface area contributed by atoms with Crippen LogP contribution in [0.4, 0.5) is 5.82 Å². The monoisotopic (exact) mass is 399 g/mol. The average Bonchev–Trinajstić information content (AvgIpc) is 3.41. The van der Waals surface area contributed by atoms with Crippen LogP contribution < -0.4 is 9.64 Å². The third-order valence-corrected chi connectivity index (χ3v) is 5.91. The Bertz CT molecular complexity index is 851. The first-order valence-corrected chi connectivity index (χ1v) is 10.4. The third kappa shape index (κ3) is 4.30. The highest BCUT2D eigenvalue weighted by molar-refractivity contribution is 6.33. The Labute approximate surface area is 171 Å². The molecule has 2 aliphatic rings. The number of rotatable bonds is 7. The van der Waals surface area contributed by atoms with Gasteiger partial charge in [0.1, 0.15) is 29.0 Å². The molecule has 0 radical (unpaired) electrons. The van der Waals surface area contributed by atoms with E-state index in [0.717, 1.165) is 42.3 Å². The van der Waals surface area contributed by atoms with Crippen LogP contribution >= 0.6 is 11.6 Å². The van der Waals surface area contributed by atoms with Crippen LogP contribution in [0, 0.1) is 0 Å². The van der Waals surface area contributed by atoms with Crippen molar-refractivity contribution in [2.24, 2.45) is 0 Å². The second-order valence-corrected chi connectivity index (χ2v) is 8.40. The molecular weight excluding hydrogens is 374 g/mol. The molecule has 1 saturated carbocycles. The largest absolute Gasteiger partial charge is 0.489 e. The van der Waals surface area contributed by atoms with Gasteiger partial charge >= 0.3 is 0 Å². The SMILES string of the molecule is CC(=O)C[C@@H](C)c1ccc(OC2CCN(c3ncnc(C4CC4)c3Cl)C2)cc1. The standard InChI is InChI=1S/C22H26ClN3O2/c1-14(11-15(2)27)16-5-7-18(8-6-16)28-19-9-10-26(12-19)22-20(23)21(17-3-4-17)24-13-25-22/h5-8,13-14,17,19H,3-4,9-12H2,1-2H3/t14-,19?/m1/s1. The lowest BCUT2D eigenvalue weighted by atomic mass is 9.96. The lowest BCUT2D eigenvalue weighted by Gasteiger charge is -2.20. The number of Topliss-reactive ketones (excluding diaryl/α,β-unsaturated/α-hetero) is 1. The van der Waals surface area contributed by atoms with E-state index < -0.39 is 0 Å². The van der Waals surface area contributed by atoms with Crippen LogP contribution in [0.3, 0.4) is 0 Å². The van der Waals surface area contributed by atoms with Gasteiger partial charge in [0.25, 0.3) is 0 Å². The van der Waals surface area contributed by atoms with Gasteiger partial charge in [0.15, 0.2) is 5.82 Å². The van der Waals surface area contributed by atoms with Crippen LogP contribution in [-0.2, 0) is 4.79 Å². The molecule has 2 fully saturated rings. The fraction of sp³-hybridized carbons (Fsp3) is 0.500. The summed E-state index contributed by atoms with van der Waals surface area (Å²) in [5.74, 6) is 2.64. The lowest BCUT2D eigenvalue weighted by molar-refractivity contribution is -0.117. The molecule has 2 aromatic rings. The Morgan fingerprint density at radius 1 is 1.25 bits per heavy atom. The maximum atomic E-state index is 11.3. The van der Waals surface area contributed by atoms with Gasteiger partial charge in [-0.15, -0.1) is 0 Å². The van der Waals surface area contributed by atoms with E-state index in [1.54, 1.807) is 13.3 Å². The summed E-state index contributed by atoms with van der Waals surface area (Å²) in [7, 11) is 0. The number of hydrogen-bond donors (Lipinski definition) is 0. The van der Waals surface area contributed by atoms with Gasteiger partial charge in [-0.3, -0.25) is 0 Å². The Balaban J connectivity index is 1.37. The molecule has 5 nitrogen and oxygen atoms in total. The highest BCUT2D eigenvalue weighted by Gasteiger charge is 2.32. The summed E-state index contributed by atoms with van der Waals surface area (Å²) >= 11 is 6.58. The predicted molar refractivity (Wildman–Crippen MR) is 110 cm³/mol. The van der Waals surface area contributed by atoms with Crippen molar-refractivity contribution < 1.29 is 9.53 Å². The van der Waals surface area contributed by atoms with Crippen molar-refractivity contribution in [3.63, 3.8) is 0 Å². The minimum Gasteiger partial charge on any atom is -0.489 e. The molecule has 0 amide bonds. The fourth-order valence-corrected chi connectivity index (χ4v) is 4.24.